The Morgan fingerprint density at radius 1 is 0.707 bits per heavy atom. The average molecular weight is 548 g/mol. The van der Waals surface area contributed by atoms with E-state index in [0.29, 0.717) is 22.6 Å². The van der Waals surface area contributed by atoms with E-state index in [9.17, 15) is 4.79 Å². The first kappa shape index (κ1) is 27.5. The summed E-state index contributed by atoms with van der Waals surface area (Å²) in [4.78, 5) is 13.0. The molecule has 5 aromatic rings. The highest BCUT2D eigenvalue weighted by Crippen LogP contribution is 2.28. The molecule has 0 atom stereocenters. The molecule has 3 aromatic carbocycles. The third kappa shape index (κ3) is 6.55. The number of anilines is 7. The first-order valence-electron chi connectivity index (χ1n) is 14.0. The lowest BCUT2D eigenvalue weighted by molar-refractivity contribution is -0.696. The van der Waals surface area contributed by atoms with Gasteiger partial charge in [0.15, 0.2) is 18.6 Å². The average Bonchev–Trinajstić information content (AvgIpc) is 2.97. The fraction of sp³-hybridized carbons (Fsp3) is 0.182. The number of pyridine rings is 2. The second-order valence-electron chi connectivity index (χ2n) is 10.1. The second kappa shape index (κ2) is 12.4. The molecule has 0 aliphatic heterocycles. The van der Waals surface area contributed by atoms with Crippen LogP contribution in [0.5, 0.6) is 0 Å². The molecule has 2 aromatic heterocycles. The van der Waals surface area contributed by atoms with Crippen LogP contribution in [-0.4, -0.2) is 5.91 Å². The van der Waals surface area contributed by atoms with Gasteiger partial charge >= 0.3 is 0 Å². The predicted octanol–water partition coefficient (Wildman–Crippen LogP) is 6.14. The molecule has 0 radical (unpaired) electrons. The lowest BCUT2D eigenvalue weighted by Gasteiger charge is -2.13. The summed E-state index contributed by atoms with van der Waals surface area (Å²) in [6.07, 6.45) is 8.30. The normalized spacial score (nSPS) is 10.9. The van der Waals surface area contributed by atoms with Crippen molar-refractivity contribution in [2.75, 3.05) is 27.4 Å². The number of nitrogens with one attached hydrogen (secondary N) is 3. The number of carbonyl (C=O) groups is 1. The predicted molar refractivity (Wildman–Crippen MR) is 168 cm³/mol. The molecule has 0 saturated heterocycles. The van der Waals surface area contributed by atoms with E-state index in [0.717, 1.165) is 59.6 Å². The van der Waals surface area contributed by atoms with Crippen LogP contribution in [0.25, 0.3) is 10.9 Å². The molecule has 8 heteroatoms. The van der Waals surface area contributed by atoms with Crippen LogP contribution in [0.4, 0.5) is 39.8 Å². The molecule has 0 spiro atoms. The summed E-state index contributed by atoms with van der Waals surface area (Å²) in [7, 11) is 0. The molecular formula is C33H37N7O+2. The largest absolute Gasteiger partial charge is 0.399 e. The lowest BCUT2D eigenvalue weighted by Crippen LogP contribution is -2.33. The van der Waals surface area contributed by atoms with E-state index < -0.39 is 0 Å². The molecule has 208 valence electrons. The summed E-state index contributed by atoms with van der Waals surface area (Å²) in [5.41, 5.74) is 19.4. The van der Waals surface area contributed by atoms with Crippen molar-refractivity contribution < 1.29 is 13.9 Å². The number of aryl methyl sites for hydroxylation is 2. The molecule has 41 heavy (non-hydrogen) atoms. The minimum Gasteiger partial charge on any atom is -0.399 e. The van der Waals surface area contributed by atoms with Gasteiger partial charge in [-0.1, -0.05) is 13.8 Å². The number of nitrogens with two attached hydrogens (primary N) is 2. The summed E-state index contributed by atoms with van der Waals surface area (Å²) in [6.45, 7) is 6.23. The van der Waals surface area contributed by atoms with Gasteiger partial charge in [0.2, 0.25) is 5.52 Å². The van der Waals surface area contributed by atoms with Gasteiger partial charge < -0.3 is 27.4 Å². The first-order chi connectivity index (χ1) is 19.9. The Kier molecular flexibility index (Phi) is 8.29. The Morgan fingerprint density at radius 3 is 2.12 bits per heavy atom. The molecule has 0 aliphatic rings. The van der Waals surface area contributed by atoms with Gasteiger partial charge in [-0.05, 0) is 54.6 Å². The van der Waals surface area contributed by atoms with Gasteiger partial charge in [-0.25, -0.2) is 4.57 Å². The van der Waals surface area contributed by atoms with Gasteiger partial charge in [-0.3, -0.25) is 4.79 Å². The van der Waals surface area contributed by atoms with Gasteiger partial charge in [0.1, 0.15) is 13.1 Å². The maximum absolute atomic E-state index is 13.0. The number of hydrogen-bond acceptors (Lipinski definition) is 5. The third-order valence-electron chi connectivity index (χ3n) is 6.89. The maximum atomic E-state index is 13.0. The quantitative estimate of drug-likeness (QED) is 0.107. The Bertz CT molecular complexity index is 1660. The number of amides is 1. The minimum absolute atomic E-state index is 0.231. The van der Waals surface area contributed by atoms with Crippen molar-refractivity contribution in [3.63, 3.8) is 0 Å². The van der Waals surface area contributed by atoms with Crippen LogP contribution in [0, 0.1) is 0 Å². The van der Waals surface area contributed by atoms with Gasteiger partial charge in [-0.15, -0.1) is 0 Å². The summed E-state index contributed by atoms with van der Waals surface area (Å²) < 4.78 is 4.37. The SMILES string of the molecule is CCC[n+]1ccc(Nc2ccc(NC(=O)c3ccc(Nc4cc[n+](CCC)c5ccc(N)cc45)cc3)c(N)c2)cc1. The van der Waals surface area contributed by atoms with Crippen LogP contribution < -0.4 is 36.6 Å². The van der Waals surface area contributed by atoms with Crippen LogP contribution in [0.2, 0.25) is 0 Å². The Morgan fingerprint density at radius 2 is 1.41 bits per heavy atom. The van der Waals surface area contributed by atoms with E-state index in [2.05, 4.69) is 57.3 Å². The van der Waals surface area contributed by atoms with Gasteiger partial charge in [-0.2, -0.15) is 4.57 Å². The Hall–Kier alpha value is -5.11. The number of rotatable bonds is 10. The maximum Gasteiger partial charge on any atom is 0.255 e. The lowest BCUT2D eigenvalue weighted by atomic mass is 10.1. The third-order valence-corrected chi connectivity index (χ3v) is 6.89. The standard InChI is InChI=1S/C33H35N7O/c1-3-16-39-18-13-26(14-19-39)36-27-10-11-31(29(35)22-27)38-33(41)23-5-8-25(9-6-23)37-30-15-20-40(17-4-2)32-12-7-24(34)21-28(30)32/h5-15,18-22H,3-4,16-17,34-35H2,1-2H3,(H,38,41)/p+2. The summed E-state index contributed by atoms with van der Waals surface area (Å²) in [6, 6.07) is 25.0. The molecule has 0 unspecified atom stereocenters. The first-order valence-corrected chi connectivity index (χ1v) is 14.0. The van der Waals surface area contributed by atoms with Gasteiger partial charge in [0.05, 0.1) is 28.1 Å². The summed E-state index contributed by atoms with van der Waals surface area (Å²) >= 11 is 0. The molecule has 2 heterocycles. The number of nitrogen functional groups attached to an aromatic ring is 2. The van der Waals surface area contributed by atoms with Crippen LogP contribution in [0.3, 0.4) is 0 Å². The van der Waals surface area contributed by atoms with E-state index in [1.807, 2.05) is 67.0 Å². The monoisotopic (exact) mass is 547 g/mol. The molecule has 0 saturated carbocycles. The van der Waals surface area contributed by atoms with Crippen LogP contribution >= 0.6 is 0 Å². The van der Waals surface area contributed by atoms with Crippen LogP contribution in [0.15, 0.2) is 97.5 Å². The van der Waals surface area contributed by atoms with E-state index in [1.54, 1.807) is 12.1 Å². The Balaban J connectivity index is 1.25. The highest BCUT2D eigenvalue weighted by atomic mass is 16.1. The molecule has 5 rings (SSSR count). The summed E-state index contributed by atoms with van der Waals surface area (Å²) in [5, 5.41) is 10.8. The molecule has 7 N–H and O–H groups in total. The van der Waals surface area contributed by atoms with Crippen LogP contribution in [0.1, 0.15) is 37.0 Å². The van der Waals surface area contributed by atoms with Crippen molar-refractivity contribution in [3.8, 4) is 0 Å². The highest BCUT2D eigenvalue weighted by molar-refractivity contribution is 6.06. The van der Waals surface area contributed by atoms with Crippen molar-refractivity contribution in [2.24, 2.45) is 0 Å². The van der Waals surface area contributed by atoms with Crippen molar-refractivity contribution in [2.45, 2.75) is 39.8 Å². The molecule has 8 nitrogen and oxygen atoms in total. The number of aromatic nitrogens is 2. The van der Waals surface area contributed by atoms with E-state index in [1.165, 1.54) is 0 Å². The zero-order valence-electron chi connectivity index (χ0n) is 23.5. The van der Waals surface area contributed by atoms with Gasteiger partial charge in [0.25, 0.3) is 5.91 Å². The zero-order chi connectivity index (χ0) is 28.8. The molecular weight excluding hydrogens is 510 g/mol. The fourth-order valence-electron chi connectivity index (χ4n) is 4.82. The summed E-state index contributed by atoms with van der Waals surface area (Å²) in [5.74, 6) is -0.231. The number of nitrogens with zero attached hydrogens (tertiary/aromatic N) is 2. The van der Waals surface area contributed by atoms with Crippen molar-refractivity contribution in [1.82, 2.24) is 0 Å². The number of fused-ring (bicyclic) bond motifs is 1. The highest BCUT2D eigenvalue weighted by Gasteiger charge is 2.14. The Labute approximate surface area is 240 Å². The molecule has 0 bridgehead atoms. The van der Waals surface area contributed by atoms with E-state index in [4.69, 9.17) is 11.5 Å². The number of carbonyl (C=O) groups excluding carboxylic acids is 1. The number of benzene rings is 3. The molecule has 0 fully saturated rings. The minimum atomic E-state index is -0.231. The van der Waals surface area contributed by atoms with Crippen molar-refractivity contribution in [1.29, 1.82) is 0 Å². The van der Waals surface area contributed by atoms with Crippen molar-refractivity contribution in [3.05, 3.63) is 103 Å². The smallest absolute Gasteiger partial charge is 0.255 e. The fourth-order valence-corrected chi connectivity index (χ4v) is 4.82. The van der Waals surface area contributed by atoms with Crippen LogP contribution in [-0.2, 0) is 13.1 Å². The second-order valence-corrected chi connectivity index (χ2v) is 10.1. The van der Waals surface area contributed by atoms with Crippen molar-refractivity contribution >= 4 is 56.6 Å². The molecule has 0 aliphatic carbocycles. The zero-order valence-corrected chi connectivity index (χ0v) is 23.5. The number of hydrogen-bond donors (Lipinski definition) is 5. The molecule has 1 amide bonds. The topological polar surface area (TPSA) is 113 Å². The van der Waals surface area contributed by atoms with E-state index in [-0.39, 0.29) is 5.91 Å². The van der Waals surface area contributed by atoms with Gasteiger partial charge in [0, 0.05) is 59.7 Å². The van der Waals surface area contributed by atoms with E-state index >= 15 is 0 Å².